The second kappa shape index (κ2) is 8.61. The molecule has 0 amide bonds. The molecule has 0 saturated heterocycles. The van der Waals surface area contributed by atoms with E-state index in [0.717, 1.165) is 16.3 Å². The topological polar surface area (TPSA) is 86.7 Å². The number of hydrogen-bond donors (Lipinski definition) is 2. The Kier molecular flexibility index (Phi) is 6.74. The Hall–Kier alpha value is -1.97. The second-order valence-electron chi connectivity index (χ2n) is 5.96. The maximum atomic E-state index is 12.1. The van der Waals surface area contributed by atoms with Crippen LogP contribution < -0.4 is 10.6 Å². The fraction of sp³-hybridized carbons (Fsp3) is 0.412. The summed E-state index contributed by atoms with van der Waals surface area (Å²) >= 11 is 1.67. The molecule has 0 unspecified atom stereocenters. The molecular weight excluding hydrogens is 370 g/mol. The molecule has 0 spiro atoms. The molecule has 0 aliphatic carbocycles. The summed E-state index contributed by atoms with van der Waals surface area (Å²) in [6.45, 7) is 5.21. The van der Waals surface area contributed by atoms with Crippen molar-refractivity contribution in [1.82, 2.24) is 19.9 Å². The van der Waals surface area contributed by atoms with Gasteiger partial charge in [-0.15, -0.1) is 11.3 Å². The third kappa shape index (κ3) is 5.03. The Morgan fingerprint density at radius 1 is 1.15 bits per heavy atom. The number of sulfonamides is 1. The zero-order valence-corrected chi connectivity index (χ0v) is 17.3. The summed E-state index contributed by atoms with van der Waals surface area (Å²) in [4.78, 5) is 10.2. The van der Waals surface area contributed by atoms with Gasteiger partial charge in [0, 0.05) is 32.6 Å². The number of benzene rings is 1. The van der Waals surface area contributed by atoms with Crippen molar-refractivity contribution in [2.75, 3.05) is 21.1 Å². The quantitative estimate of drug-likeness (QED) is 0.576. The molecule has 0 atom stereocenters. The predicted molar refractivity (Wildman–Crippen MR) is 106 cm³/mol. The van der Waals surface area contributed by atoms with Gasteiger partial charge < -0.3 is 10.6 Å². The molecular formula is C17H25N5O2S2. The van der Waals surface area contributed by atoms with E-state index >= 15 is 0 Å². The van der Waals surface area contributed by atoms with Crippen molar-refractivity contribution < 1.29 is 8.42 Å². The van der Waals surface area contributed by atoms with Crippen molar-refractivity contribution in [3.8, 4) is 0 Å². The normalized spacial score (nSPS) is 12.5. The summed E-state index contributed by atoms with van der Waals surface area (Å²) in [5.41, 5.74) is 2.02. The van der Waals surface area contributed by atoms with Gasteiger partial charge in [-0.05, 0) is 31.5 Å². The Balaban J connectivity index is 1.92. The van der Waals surface area contributed by atoms with Gasteiger partial charge in [0.05, 0.1) is 17.1 Å². The van der Waals surface area contributed by atoms with E-state index in [1.165, 1.54) is 23.3 Å². The van der Waals surface area contributed by atoms with Crippen molar-refractivity contribution >= 4 is 27.3 Å². The maximum absolute atomic E-state index is 12.1. The number of aromatic nitrogens is 1. The minimum Gasteiger partial charge on any atom is -0.352 e. The number of guanidine groups is 1. The standard InChI is InChI=1S/C17H25N5O2S2/c1-12-13(2)25-16(21-12)11-20-17(18-3)19-10-14-6-8-15(9-7-14)26(23,24)22(4)5/h6-9H,10-11H2,1-5H3,(H2,18,19,20). The van der Waals surface area contributed by atoms with E-state index in [0.29, 0.717) is 19.0 Å². The van der Waals surface area contributed by atoms with Gasteiger partial charge in [-0.3, -0.25) is 4.99 Å². The third-order valence-electron chi connectivity index (χ3n) is 3.87. The molecule has 1 heterocycles. The molecule has 2 rings (SSSR count). The molecule has 0 radical (unpaired) electrons. The van der Waals surface area contributed by atoms with E-state index in [4.69, 9.17) is 0 Å². The number of rotatable bonds is 6. The Labute approximate surface area is 159 Å². The number of aliphatic imine (C=N–C) groups is 1. The van der Waals surface area contributed by atoms with Crippen molar-refractivity contribution in [3.63, 3.8) is 0 Å². The van der Waals surface area contributed by atoms with Gasteiger partial charge in [0.1, 0.15) is 5.01 Å². The Morgan fingerprint density at radius 2 is 1.77 bits per heavy atom. The van der Waals surface area contributed by atoms with Crippen molar-refractivity contribution in [3.05, 3.63) is 45.4 Å². The molecule has 1 aromatic carbocycles. The van der Waals surface area contributed by atoms with Gasteiger partial charge in [0.15, 0.2) is 5.96 Å². The first-order valence-corrected chi connectivity index (χ1v) is 10.4. The van der Waals surface area contributed by atoms with E-state index in [1.54, 1.807) is 42.6 Å². The fourth-order valence-corrected chi connectivity index (χ4v) is 3.95. The molecule has 0 fully saturated rings. The molecule has 7 nitrogen and oxygen atoms in total. The van der Waals surface area contributed by atoms with Crippen LogP contribution in [0.1, 0.15) is 21.1 Å². The lowest BCUT2D eigenvalue weighted by molar-refractivity contribution is 0.520. The molecule has 0 aliphatic heterocycles. The van der Waals surface area contributed by atoms with Crippen LogP contribution in [0.5, 0.6) is 0 Å². The first-order chi connectivity index (χ1) is 12.2. The minimum atomic E-state index is -3.40. The number of aryl methyl sites for hydroxylation is 2. The fourth-order valence-electron chi connectivity index (χ4n) is 2.17. The monoisotopic (exact) mass is 395 g/mol. The van der Waals surface area contributed by atoms with E-state index in [-0.39, 0.29) is 4.90 Å². The molecule has 0 saturated carbocycles. The first-order valence-electron chi connectivity index (χ1n) is 8.13. The zero-order chi connectivity index (χ0) is 19.3. The van der Waals surface area contributed by atoms with Crippen LogP contribution in [0, 0.1) is 13.8 Å². The van der Waals surface area contributed by atoms with Crippen LogP contribution in [0.4, 0.5) is 0 Å². The van der Waals surface area contributed by atoms with Gasteiger partial charge in [-0.1, -0.05) is 12.1 Å². The smallest absolute Gasteiger partial charge is 0.242 e. The molecule has 0 bridgehead atoms. The summed E-state index contributed by atoms with van der Waals surface area (Å²) in [6, 6.07) is 6.82. The molecule has 2 N–H and O–H groups in total. The van der Waals surface area contributed by atoms with Crippen LogP contribution in [0.2, 0.25) is 0 Å². The molecule has 1 aromatic heterocycles. The number of nitrogens with zero attached hydrogens (tertiary/aromatic N) is 3. The van der Waals surface area contributed by atoms with Gasteiger partial charge in [0.25, 0.3) is 0 Å². The van der Waals surface area contributed by atoms with Crippen LogP contribution in [0.3, 0.4) is 0 Å². The number of nitrogens with one attached hydrogen (secondary N) is 2. The first kappa shape index (κ1) is 20.3. The zero-order valence-electron chi connectivity index (χ0n) is 15.7. The molecule has 26 heavy (non-hydrogen) atoms. The van der Waals surface area contributed by atoms with Crippen LogP contribution >= 0.6 is 11.3 Å². The SMILES string of the molecule is CN=C(NCc1ccc(S(=O)(=O)N(C)C)cc1)NCc1nc(C)c(C)s1. The summed E-state index contributed by atoms with van der Waals surface area (Å²) in [6.07, 6.45) is 0. The lowest BCUT2D eigenvalue weighted by Gasteiger charge is -2.13. The highest BCUT2D eigenvalue weighted by Crippen LogP contribution is 2.16. The average molecular weight is 396 g/mol. The number of thiazole rings is 1. The average Bonchev–Trinajstić information content (AvgIpc) is 2.93. The van der Waals surface area contributed by atoms with Crippen molar-refractivity contribution in [2.45, 2.75) is 31.8 Å². The van der Waals surface area contributed by atoms with Gasteiger partial charge in [0.2, 0.25) is 10.0 Å². The summed E-state index contributed by atoms with van der Waals surface area (Å²) < 4.78 is 25.4. The van der Waals surface area contributed by atoms with Crippen LogP contribution in [0.15, 0.2) is 34.2 Å². The summed E-state index contributed by atoms with van der Waals surface area (Å²) in [7, 11) is 1.35. The lowest BCUT2D eigenvalue weighted by Crippen LogP contribution is -2.36. The Bertz CT molecular complexity index is 852. The van der Waals surface area contributed by atoms with E-state index in [9.17, 15) is 8.42 Å². The van der Waals surface area contributed by atoms with Crippen molar-refractivity contribution in [1.29, 1.82) is 0 Å². The highest BCUT2D eigenvalue weighted by atomic mass is 32.2. The molecule has 2 aromatic rings. The van der Waals surface area contributed by atoms with Gasteiger partial charge in [-0.25, -0.2) is 17.7 Å². The molecule has 0 aliphatic rings. The minimum absolute atomic E-state index is 0.281. The van der Waals surface area contributed by atoms with Crippen LogP contribution in [0.25, 0.3) is 0 Å². The third-order valence-corrected chi connectivity index (χ3v) is 6.77. The van der Waals surface area contributed by atoms with E-state index in [1.807, 2.05) is 6.92 Å². The van der Waals surface area contributed by atoms with Gasteiger partial charge >= 0.3 is 0 Å². The second-order valence-corrected chi connectivity index (χ2v) is 9.40. The van der Waals surface area contributed by atoms with Crippen molar-refractivity contribution in [2.24, 2.45) is 4.99 Å². The summed E-state index contributed by atoms with van der Waals surface area (Å²) in [5.74, 6) is 0.667. The summed E-state index contributed by atoms with van der Waals surface area (Å²) in [5, 5.41) is 7.46. The Morgan fingerprint density at radius 3 is 2.27 bits per heavy atom. The predicted octanol–water partition coefficient (Wildman–Crippen LogP) is 1.88. The molecule has 9 heteroatoms. The van der Waals surface area contributed by atoms with Crippen LogP contribution in [-0.4, -0.2) is 44.8 Å². The molecule has 142 valence electrons. The van der Waals surface area contributed by atoms with E-state index in [2.05, 4.69) is 27.5 Å². The number of hydrogen-bond acceptors (Lipinski definition) is 5. The largest absolute Gasteiger partial charge is 0.352 e. The van der Waals surface area contributed by atoms with E-state index < -0.39 is 10.0 Å². The lowest BCUT2D eigenvalue weighted by atomic mass is 10.2. The highest BCUT2D eigenvalue weighted by Gasteiger charge is 2.16. The van der Waals surface area contributed by atoms with Gasteiger partial charge in [-0.2, -0.15) is 0 Å². The van der Waals surface area contributed by atoms with Crippen LogP contribution in [-0.2, 0) is 23.1 Å². The highest BCUT2D eigenvalue weighted by molar-refractivity contribution is 7.89. The maximum Gasteiger partial charge on any atom is 0.242 e.